The Morgan fingerprint density at radius 1 is 1.30 bits per heavy atom. The van der Waals surface area contributed by atoms with Gasteiger partial charge in [0.15, 0.2) is 6.04 Å². The quantitative estimate of drug-likeness (QED) is 0.625. The molecule has 1 aromatic heterocycles. The largest absolute Gasteiger partial charge is 0.465 e. The van der Waals surface area contributed by atoms with E-state index < -0.39 is 30.1 Å². The van der Waals surface area contributed by atoms with Crippen molar-refractivity contribution in [2.24, 2.45) is 0 Å². The Kier molecular flexibility index (Phi) is 3.83. The lowest BCUT2D eigenvalue weighted by Crippen LogP contribution is -2.52. The van der Waals surface area contributed by atoms with Gasteiger partial charge in [-0.1, -0.05) is 11.6 Å². The summed E-state index contributed by atoms with van der Waals surface area (Å²) in [6.45, 7) is -0.127. The molecule has 1 saturated heterocycles. The standard InChI is InChI=1S/C14H12ClN3O5/c15-7-1-2-8-6(3-7)4-9(16-8)12(19)18-11-10(17-14(21)22)5-23-13(11)20/h1-4,10-11,16-17H,5H2,(H,18,19)(H,21,22)/t10-,11+/m1/s1. The van der Waals surface area contributed by atoms with Crippen LogP contribution in [-0.4, -0.2) is 46.8 Å². The molecular weight excluding hydrogens is 326 g/mol. The van der Waals surface area contributed by atoms with Crippen molar-refractivity contribution < 1.29 is 24.2 Å². The van der Waals surface area contributed by atoms with Gasteiger partial charge in [0.1, 0.15) is 12.3 Å². The minimum absolute atomic E-state index is 0.127. The normalized spacial score (nSPS) is 20.3. The molecule has 9 heteroatoms. The van der Waals surface area contributed by atoms with E-state index in [4.69, 9.17) is 21.4 Å². The number of esters is 1. The van der Waals surface area contributed by atoms with E-state index in [0.29, 0.717) is 10.5 Å². The van der Waals surface area contributed by atoms with Gasteiger partial charge in [0.25, 0.3) is 5.91 Å². The maximum absolute atomic E-state index is 12.3. The summed E-state index contributed by atoms with van der Waals surface area (Å²) in [5.41, 5.74) is 0.949. The predicted octanol–water partition coefficient (Wildman–Crippen LogP) is 1.11. The molecule has 1 aliphatic heterocycles. The molecule has 1 fully saturated rings. The van der Waals surface area contributed by atoms with Crippen LogP contribution in [0.1, 0.15) is 10.5 Å². The maximum atomic E-state index is 12.3. The molecule has 0 saturated carbocycles. The molecule has 0 radical (unpaired) electrons. The number of cyclic esters (lactones) is 1. The van der Waals surface area contributed by atoms with E-state index >= 15 is 0 Å². The summed E-state index contributed by atoms with van der Waals surface area (Å²) in [6, 6.07) is 4.80. The number of ether oxygens (including phenoxy) is 1. The minimum atomic E-state index is -1.30. The van der Waals surface area contributed by atoms with Gasteiger partial charge in [-0.3, -0.25) is 4.79 Å². The second kappa shape index (κ2) is 5.81. The average Bonchev–Trinajstić information content (AvgIpc) is 3.04. The third kappa shape index (κ3) is 3.07. The molecule has 2 atom stereocenters. The van der Waals surface area contributed by atoms with Crippen LogP contribution in [0.5, 0.6) is 0 Å². The van der Waals surface area contributed by atoms with Crippen LogP contribution in [-0.2, 0) is 9.53 Å². The van der Waals surface area contributed by atoms with Gasteiger partial charge in [-0.2, -0.15) is 0 Å². The second-order valence-corrected chi connectivity index (χ2v) is 5.49. The fourth-order valence-corrected chi connectivity index (χ4v) is 2.59. The number of hydrogen-bond acceptors (Lipinski definition) is 4. The van der Waals surface area contributed by atoms with E-state index in [2.05, 4.69) is 15.6 Å². The molecule has 2 amide bonds. The number of carbonyl (C=O) groups excluding carboxylic acids is 2. The van der Waals surface area contributed by atoms with Gasteiger partial charge >= 0.3 is 12.1 Å². The number of amides is 2. The topological polar surface area (TPSA) is 121 Å². The van der Waals surface area contributed by atoms with Gasteiger partial charge in [0, 0.05) is 15.9 Å². The number of benzene rings is 1. The van der Waals surface area contributed by atoms with Crippen molar-refractivity contribution >= 4 is 40.5 Å². The van der Waals surface area contributed by atoms with E-state index in [1.54, 1.807) is 24.3 Å². The first-order valence-corrected chi connectivity index (χ1v) is 7.07. The van der Waals surface area contributed by atoms with E-state index in [1.807, 2.05) is 0 Å². The van der Waals surface area contributed by atoms with Gasteiger partial charge in [-0.15, -0.1) is 0 Å². The molecule has 3 rings (SSSR count). The van der Waals surface area contributed by atoms with Gasteiger partial charge in [0.05, 0.1) is 6.04 Å². The van der Waals surface area contributed by atoms with Crippen LogP contribution in [0.4, 0.5) is 4.79 Å². The first-order chi connectivity index (χ1) is 10.9. The van der Waals surface area contributed by atoms with Crippen LogP contribution in [0.3, 0.4) is 0 Å². The summed E-state index contributed by atoms with van der Waals surface area (Å²) in [7, 11) is 0. The first kappa shape index (κ1) is 15.2. The number of aromatic amines is 1. The molecular formula is C14H12ClN3O5. The summed E-state index contributed by atoms with van der Waals surface area (Å²) in [4.78, 5) is 37.5. The number of rotatable bonds is 3. The Labute approximate surface area is 134 Å². The van der Waals surface area contributed by atoms with Crippen molar-refractivity contribution in [3.63, 3.8) is 0 Å². The minimum Gasteiger partial charge on any atom is -0.465 e. The first-order valence-electron chi connectivity index (χ1n) is 6.69. The van der Waals surface area contributed by atoms with Gasteiger partial charge < -0.3 is 25.5 Å². The lowest BCUT2D eigenvalue weighted by Gasteiger charge is -2.15. The Bertz CT molecular complexity index is 803. The highest BCUT2D eigenvalue weighted by Crippen LogP contribution is 2.20. The highest BCUT2D eigenvalue weighted by Gasteiger charge is 2.39. The molecule has 1 aromatic carbocycles. The zero-order valence-corrected chi connectivity index (χ0v) is 12.4. The molecule has 4 N–H and O–H groups in total. The average molecular weight is 338 g/mol. The lowest BCUT2D eigenvalue weighted by atomic mass is 10.1. The number of H-pyrrole nitrogens is 1. The van der Waals surface area contributed by atoms with Gasteiger partial charge in [-0.05, 0) is 24.3 Å². The summed E-state index contributed by atoms with van der Waals surface area (Å²) in [5, 5.41) is 14.6. The monoisotopic (exact) mass is 337 g/mol. The van der Waals surface area contributed by atoms with E-state index in [-0.39, 0.29) is 12.3 Å². The highest BCUT2D eigenvalue weighted by molar-refractivity contribution is 6.31. The maximum Gasteiger partial charge on any atom is 0.405 e. The highest BCUT2D eigenvalue weighted by atomic mass is 35.5. The molecule has 1 aliphatic rings. The Balaban J connectivity index is 1.78. The number of nitrogens with one attached hydrogen (secondary N) is 3. The van der Waals surface area contributed by atoms with E-state index in [9.17, 15) is 14.4 Å². The zero-order valence-electron chi connectivity index (χ0n) is 11.6. The van der Waals surface area contributed by atoms with E-state index in [1.165, 1.54) is 0 Å². The number of aromatic nitrogens is 1. The molecule has 2 heterocycles. The number of carbonyl (C=O) groups is 3. The summed E-state index contributed by atoms with van der Waals surface area (Å²) in [5.74, 6) is -1.23. The molecule has 2 aromatic rings. The number of fused-ring (bicyclic) bond motifs is 1. The fraction of sp³-hybridized carbons (Fsp3) is 0.214. The SMILES string of the molecule is O=C(O)N[C@@H]1COC(=O)[C@H]1NC(=O)c1cc2cc(Cl)ccc2[nH]1. The molecule has 0 aliphatic carbocycles. The second-order valence-electron chi connectivity index (χ2n) is 5.05. The van der Waals surface area contributed by atoms with Crippen molar-refractivity contribution in [2.45, 2.75) is 12.1 Å². The summed E-state index contributed by atoms with van der Waals surface area (Å²) >= 11 is 5.89. The van der Waals surface area contributed by atoms with Gasteiger partial charge in [-0.25, -0.2) is 9.59 Å². The van der Waals surface area contributed by atoms with Crippen molar-refractivity contribution in [2.75, 3.05) is 6.61 Å². The van der Waals surface area contributed by atoms with Crippen molar-refractivity contribution in [3.05, 3.63) is 35.0 Å². The Morgan fingerprint density at radius 2 is 2.09 bits per heavy atom. The van der Waals surface area contributed by atoms with Crippen LogP contribution in [0, 0.1) is 0 Å². The molecule has 0 unspecified atom stereocenters. The van der Waals surface area contributed by atoms with Crippen LogP contribution in [0.25, 0.3) is 10.9 Å². The Hall–Kier alpha value is -2.74. The van der Waals surface area contributed by atoms with Crippen LogP contribution in [0.2, 0.25) is 5.02 Å². The summed E-state index contributed by atoms with van der Waals surface area (Å²) < 4.78 is 4.78. The third-order valence-corrected chi connectivity index (χ3v) is 3.72. The van der Waals surface area contributed by atoms with Gasteiger partial charge in [0.2, 0.25) is 0 Å². The van der Waals surface area contributed by atoms with Crippen molar-refractivity contribution in [3.8, 4) is 0 Å². The molecule has 0 spiro atoms. The molecule has 23 heavy (non-hydrogen) atoms. The van der Waals surface area contributed by atoms with Crippen molar-refractivity contribution in [1.29, 1.82) is 0 Å². The number of halogens is 1. The lowest BCUT2D eigenvalue weighted by molar-refractivity contribution is -0.139. The van der Waals surface area contributed by atoms with Crippen LogP contribution in [0.15, 0.2) is 24.3 Å². The summed E-state index contributed by atoms with van der Waals surface area (Å²) in [6.07, 6.45) is -1.30. The van der Waals surface area contributed by atoms with Crippen LogP contribution < -0.4 is 10.6 Å². The van der Waals surface area contributed by atoms with Crippen LogP contribution >= 0.6 is 11.6 Å². The predicted molar refractivity (Wildman–Crippen MR) is 80.5 cm³/mol. The zero-order chi connectivity index (χ0) is 16.6. The smallest absolute Gasteiger partial charge is 0.405 e. The molecule has 0 bridgehead atoms. The van der Waals surface area contributed by atoms with Crippen molar-refractivity contribution in [1.82, 2.24) is 15.6 Å². The number of hydrogen-bond donors (Lipinski definition) is 4. The third-order valence-electron chi connectivity index (χ3n) is 3.48. The fourth-order valence-electron chi connectivity index (χ4n) is 2.41. The number of carboxylic acid groups (broad SMARTS) is 1. The Morgan fingerprint density at radius 3 is 2.83 bits per heavy atom. The molecule has 8 nitrogen and oxygen atoms in total. The van der Waals surface area contributed by atoms with E-state index in [0.717, 1.165) is 5.39 Å². The molecule has 120 valence electrons.